The van der Waals surface area contributed by atoms with Crippen LogP contribution >= 0.6 is 0 Å². The summed E-state index contributed by atoms with van der Waals surface area (Å²) in [5.74, 6) is 6.95. The third-order valence-corrected chi connectivity index (χ3v) is 2.65. The minimum Gasteiger partial charge on any atom is -0.496 e. The molecule has 0 radical (unpaired) electrons. The molecule has 0 amide bonds. The Morgan fingerprint density at radius 2 is 2.00 bits per heavy atom. The van der Waals surface area contributed by atoms with E-state index in [9.17, 15) is 0 Å². The van der Waals surface area contributed by atoms with Crippen LogP contribution < -0.4 is 16.0 Å². The van der Waals surface area contributed by atoms with Crippen LogP contribution in [0.1, 0.15) is 19.4 Å². The smallest absolute Gasteiger partial charge is 0.122 e. The second-order valence-electron chi connectivity index (χ2n) is 4.03. The standard InChI is InChI=1S/C12H20N2O/c1-9(2)11(14-13)8-10-6-4-5-7-12(10)15-3/h4-7,9,11,14H,8,13H2,1-3H3. The average Bonchev–Trinajstić information content (AvgIpc) is 2.25. The fourth-order valence-electron chi connectivity index (χ4n) is 1.60. The van der Waals surface area contributed by atoms with E-state index in [2.05, 4.69) is 25.3 Å². The van der Waals surface area contributed by atoms with Gasteiger partial charge in [-0.05, 0) is 24.0 Å². The Bertz CT molecular complexity index is 299. The molecule has 1 unspecified atom stereocenters. The molecule has 0 aliphatic carbocycles. The van der Waals surface area contributed by atoms with E-state index >= 15 is 0 Å². The molecule has 3 heteroatoms. The van der Waals surface area contributed by atoms with Crippen LogP contribution in [0.15, 0.2) is 24.3 Å². The number of hydrogen-bond donors (Lipinski definition) is 2. The molecule has 0 saturated heterocycles. The van der Waals surface area contributed by atoms with Gasteiger partial charge in [-0.15, -0.1) is 0 Å². The van der Waals surface area contributed by atoms with E-state index in [0.717, 1.165) is 12.2 Å². The van der Waals surface area contributed by atoms with Gasteiger partial charge >= 0.3 is 0 Å². The van der Waals surface area contributed by atoms with Gasteiger partial charge in [0, 0.05) is 6.04 Å². The Kier molecular flexibility index (Phi) is 4.59. The van der Waals surface area contributed by atoms with E-state index in [1.54, 1.807) is 7.11 Å². The monoisotopic (exact) mass is 208 g/mol. The van der Waals surface area contributed by atoms with Gasteiger partial charge < -0.3 is 4.74 Å². The fourth-order valence-corrected chi connectivity index (χ4v) is 1.60. The predicted octanol–water partition coefficient (Wildman–Crippen LogP) is 1.73. The van der Waals surface area contributed by atoms with Crippen molar-refractivity contribution in [2.75, 3.05) is 7.11 Å². The van der Waals surface area contributed by atoms with Crippen LogP contribution in [0.3, 0.4) is 0 Å². The van der Waals surface area contributed by atoms with Crippen LogP contribution in [-0.4, -0.2) is 13.2 Å². The van der Waals surface area contributed by atoms with Gasteiger partial charge in [-0.1, -0.05) is 32.0 Å². The first-order valence-electron chi connectivity index (χ1n) is 5.27. The normalized spacial score (nSPS) is 12.9. The minimum atomic E-state index is 0.279. The quantitative estimate of drug-likeness (QED) is 0.572. The van der Waals surface area contributed by atoms with Crippen LogP contribution in [0, 0.1) is 5.92 Å². The molecule has 0 saturated carbocycles. The Hall–Kier alpha value is -1.06. The zero-order valence-corrected chi connectivity index (χ0v) is 9.66. The molecular formula is C12H20N2O. The first-order chi connectivity index (χ1) is 7.19. The predicted molar refractivity (Wildman–Crippen MR) is 62.6 cm³/mol. The summed E-state index contributed by atoms with van der Waals surface area (Å²) in [5, 5.41) is 0. The lowest BCUT2D eigenvalue weighted by Crippen LogP contribution is -2.40. The van der Waals surface area contributed by atoms with Crippen molar-refractivity contribution in [1.29, 1.82) is 0 Å². The first-order valence-corrected chi connectivity index (χ1v) is 5.27. The molecule has 0 aromatic heterocycles. The van der Waals surface area contributed by atoms with Gasteiger partial charge in [0.2, 0.25) is 0 Å². The van der Waals surface area contributed by atoms with Gasteiger partial charge in [-0.2, -0.15) is 0 Å². The van der Waals surface area contributed by atoms with Gasteiger partial charge in [0.15, 0.2) is 0 Å². The zero-order valence-electron chi connectivity index (χ0n) is 9.66. The minimum absolute atomic E-state index is 0.279. The zero-order chi connectivity index (χ0) is 11.3. The van der Waals surface area contributed by atoms with Crippen LogP contribution in [-0.2, 0) is 6.42 Å². The molecule has 0 aliphatic rings. The summed E-state index contributed by atoms with van der Waals surface area (Å²) in [6.45, 7) is 4.31. The maximum atomic E-state index is 5.52. The van der Waals surface area contributed by atoms with Crippen LogP contribution in [0.5, 0.6) is 5.75 Å². The van der Waals surface area contributed by atoms with Crippen molar-refractivity contribution in [3.05, 3.63) is 29.8 Å². The Morgan fingerprint density at radius 3 is 2.53 bits per heavy atom. The highest BCUT2D eigenvalue weighted by molar-refractivity contribution is 5.33. The van der Waals surface area contributed by atoms with E-state index in [1.807, 2.05) is 18.2 Å². The maximum absolute atomic E-state index is 5.52. The van der Waals surface area contributed by atoms with E-state index in [1.165, 1.54) is 5.56 Å². The summed E-state index contributed by atoms with van der Waals surface area (Å²) in [4.78, 5) is 0. The summed E-state index contributed by atoms with van der Waals surface area (Å²) in [6, 6.07) is 8.32. The topological polar surface area (TPSA) is 47.3 Å². The molecule has 1 atom stereocenters. The summed E-state index contributed by atoms with van der Waals surface area (Å²) < 4.78 is 5.30. The molecule has 1 aromatic carbocycles. The Labute approximate surface area is 91.6 Å². The van der Waals surface area contributed by atoms with Crippen molar-refractivity contribution >= 4 is 0 Å². The number of hydrogen-bond acceptors (Lipinski definition) is 3. The molecule has 1 rings (SSSR count). The second-order valence-corrected chi connectivity index (χ2v) is 4.03. The third-order valence-electron chi connectivity index (χ3n) is 2.65. The molecule has 0 fully saturated rings. The lowest BCUT2D eigenvalue weighted by Gasteiger charge is -2.20. The molecule has 3 nitrogen and oxygen atoms in total. The summed E-state index contributed by atoms with van der Waals surface area (Å²) >= 11 is 0. The van der Waals surface area contributed by atoms with Crippen molar-refractivity contribution in [3.63, 3.8) is 0 Å². The second kappa shape index (κ2) is 5.73. The highest BCUT2D eigenvalue weighted by Gasteiger charge is 2.14. The lowest BCUT2D eigenvalue weighted by molar-refractivity contribution is 0.382. The highest BCUT2D eigenvalue weighted by Crippen LogP contribution is 2.20. The number of para-hydroxylation sites is 1. The number of methoxy groups -OCH3 is 1. The van der Waals surface area contributed by atoms with Crippen molar-refractivity contribution in [1.82, 2.24) is 5.43 Å². The third kappa shape index (κ3) is 3.22. The van der Waals surface area contributed by atoms with E-state index in [-0.39, 0.29) is 6.04 Å². The number of hydrazine groups is 1. The van der Waals surface area contributed by atoms with E-state index < -0.39 is 0 Å². The molecule has 0 aliphatic heterocycles. The van der Waals surface area contributed by atoms with Gasteiger partial charge in [-0.3, -0.25) is 11.3 Å². The summed E-state index contributed by atoms with van der Waals surface area (Å²) in [6.07, 6.45) is 0.887. The Morgan fingerprint density at radius 1 is 1.33 bits per heavy atom. The average molecular weight is 208 g/mol. The molecular weight excluding hydrogens is 188 g/mol. The van der Waals surface area contributed by atoms with Gasteiger partial charge in [0.25, 0.3) is 0 Å². The molecule has 1 aromatic rings. The fraction of sp³-hybridized carbons (Fsp3) is 0.500. The van der Waals surface area contributed by atoms with Gasteiger partial charge in [0.05, 0.1) is 7.11 Å². The molecule has 3 N–H and O–H groups in total. The number of nitrogens with one attached hydrogen (secondary N) is 1. The van der Waals surface area contributed by atoms with Crippen molar-refractivity contribution < 1.29 is 4.74 Å². The highest BCUT2D eigenvalue weighted by atomic mass is 16.5. The molecule has 0 heterocycles. The largest absolute Gasteiger partial charge is 0.496 e. The molecule has 15 heavy (non-hydrogen) atoms. The number of nitrogens with two attached hydrogens (primary N) is 1. The molecule has 0 bridgehead atoms. The van der Waals surface area contributed by atoms with Crippen molar-refractivity contribution in [3.8, 4) is 5.75 Å². The number of rotatable bonds is 5. The first kappa shape index (κ1) is 12.0. The van der Waals surface area contributed by atoms with Crippen molar-refractivity contribution in [2.45, 2.75) is 26.3 Å². The van der Waals surface area contributed by atoms with Crippen LogP contribution in [0.4, 0.5) is 0 Å². The van der Waals surface area contributed by atoms with Gasteiger partial charge in [0.1, 0.15) is 5.75 Å². The number of benzene rings is 1. The number of ether oxygens (including phenoxy) is 1. The van der Waals surface area contributed by atoms with Crippen LogP contribution in [0.2, 0.25) is 0 Å². The SMILES string of the molecule is COc1ccccc1CC(NN)C(C)C. The van der Waals surface area contributed by atoms with E-state index in [4.69, 9.17) is 10.6 Å². The van der Waals surface area contributed by atoms with Gasteiger partial charge in [-0.25, -0.2) is 0 Å². The molecule has 84 valence electrons. The van der Waals surface area contributed by atoms with Crippen molar-refractivity contribution in [2.24, 2.45) is 11.8 Å². The molecule has 0 spiro atoms. The van der Waals surface area contributed by atoms with E-state index in [0.29, 0.717) is 5.92 Å². The van der Waals surface area contributed by atoms with Crippen LogP contribution in [0.25, 0.3) is 0 Å². The summed E-state index contributed by atoms with van der Waals surface area (Å²) in [7, 11) is 1.69. The Balaban J connectivity index is 2.78. The maximum Gasteiger partial charge on any atom is 0.122 e. The summed E-state index contributed by atoms with van der Waals surface area (Å²) in [5.41, 5.74) is 4.04. The lowest BCUT2D eigenvalue weighted by atomic mass is 9.96.